The van der Waals surface area contributed by atoms with E-state index in [1.807, 2.05) is 87.6 Å². The second-order valence-electron chi connectivity index (χ2n) is 32.5. The number of rotatable bonds is 31. The van der Waals surface area contributed by atoms with E-state index in [9.17, 15) is 24.0 Å². The first-order valence-corrected chi connectivity index (χ1v) is 43.2. The molecule has 0 saturated carbocycles. The summed E-state index contributed by atoms with van der Waals surface area (Å²) in [5, 5.41) is 19.2. The number of allylic oxidation sites excluding steroid dienone is 3. The summed E-state index contributed by atoms with van der Waals surface area (Å²) in [7, 11) is 13.9. The number of aryl methyl sites for hydroxylation is 5. The number of likely N-dealkylation sites (N-methyl/N-ethyl adjacent to an activating group) is 3. The van der Waals surface area contributed by atoms with Crippen molar-refractivity contribution in [2.45, 2.75) is 84.5 Å². The third-order valence-corrected chi connectivity index (χ3v) is 23.6. The molecule has 0 spiro atoms. The van der Waals surface area contributed by atoms with Crippen LogP contribution in [0, 0.1) is 27.7 Å². The molecule has 34 nitrogen and oxygen atoms in total. The molecule has 3 amide bonds. The summed E-state index contributed by atoms with van der Waals surface area (Å²) in [6, 6.07) is 27.9. The monoisotopic (exact) mass is 1750 g/mol. The maximum atomic E-state index is 13.5. The van der Waals surface area contributed by atoms with Crippen molar-refractivity contribution in [2.75, 3.05) is 187 Å². The molecule has 129 heavy (non-hydrogen) atoms. The van der Waals surface area contributed by atoms with Gasteiger partial charge in [0.15, 0.2) is 12.3 Å². The highest BCUT2D eigenvalue weighted by atomic mass is 16.5. The Labute approximate surface area is 750 Å². The number of anilines is 9. The molecule has 0 radical (unpaired) electrons. The Bertz CT molecular complexity index is 5730. The fraction of sp³-hybridized carbons (Fsp3) is 0.379. The first kappa shape index (κ1) is 92.2. The number of ether oxygens (including phenoxy) is 6. The van der Waals surface area contributed by atoms with Crippen LogP contribution in [0.1, 0.15) is 101 Å². The largest absolute Gasteiger partial charge is 0.469 e. The second kappa shape index (κ2) is 43.6. The van der Waals surface area contributed by atoms with Crippen LogP contribution in [0.2, 0.25) is 0 Å². The molecule has 3 atom stereocenters. The number of methoxy groups -OCH3 is 5. The lowest BCUT2D eigenvalue weighted by atomic mass is 9.99. The van der Waals surface area contributed by atoms with Gasteiger partial charge < -0.3 is 79.4 Å². The summed E-state index contributed by atoms with van der Waals surface area (Å²) in [6.07, 6.45) is 20.9. The zero-order valence-corrected chi connectivity index (χ0v) is 75.1. The number of fused-ring (bicyclic) bond motifs is 3. The van der Waals surface area contributed by atoms with Crippen molar-refractivity contribution in [3.05, 3.63) is 243 Å². The fourth-order valence-electron chi connectivity index (χ4n) is 16.4. The Morgan fingerprint density at radius 2 is 0.868 bits per heavy atom. The molecule has 0 unspecified atom stereocenters. The van der Waals surface area contributed by atoms with Gasteiger partial charge in [-0.05, 0) is 166 Å². The molecular weight excluding hydrogens is 1640 g/mol. The van der Waals surface area contributed by atoms with Crippen LogP contribution in [-0.4, -0.2) is 282 Å². The van der Waals surface area contributed by atoms with Crippen LogP contribution in [0.5, 0.6) is 5.88 Å². The highest BCUT2D eigenvalue weighted by molar-refractivity contribution is 6.00. The lowest BCUT2D eigenvalue weighted by Crippen LogP contribution is -2.54. The topological polar surface area (TPSA) is 374 Å². The van der Waals surface area contributed by atoms with Gasteiger partial charge in [-0.1, -0.05) is 60.7 Å². The van der Waals surface area contributed by atoms with Crippen molar-refractivity contribution in [3.8, 4) is 5.88 Å². The molecule has 674 valence electrons. The van der Waals surface area contributed by atoms with E-state index < -0.39 is 5.97 Å². The number of esters is 2. The molecular formula is C95H112N22O12. The van der Waals surface area contributed by atoms with Gasteiger partial charge >= 0.3 is 11.9 Å². The Balaban J connectivity index is 0.000000156. The zero-order valence-electron chi connectivity index (χ0n) is 75.1. The highest BCUT2D eigenvalue weighted by Gasteiger charge is 2.35. The third-order valence-electron chi connectivity index (χ3n) is 23.6. The third kappa shape index (κ3) is 23.1. The normalized spacial score (nSPS) is 15.9. The molecule has 3 aliphatic carbocycles. The van der Waals surface area contributed by atoms with E-state index in [-0.39, 0.29) is 60.5 Å². The number of aromatic nitrogens is 10. The predicted molar refractivity (Wildman–Crippen MR) is 492 cm³/mol. The van der Waals surface area contributed by atoms with E-state index in [4.69, 9.17) is 47.8 Å². The summed E-state index contributed by atoms with van der Waals surface area (Å²) in [5.74, 6) is 1.89. The van der Waals surface area contributed by atoms with E-state index in [0.29, 0.717) is 92.2 Å². The van der Waals surface area contributed by atoms with Crippen molar-refractivity contribution in [3.63, 3.8) is 0 Å². The average molecular weight is 1750 g/mol. The SMILES string of the molecule is COC[C@H](C(=O)Nc1cccc2c1CC=C2c1nc(Nc2ccc(OCc3ncco3)nc2)ncc1C)N1CCN(C)CC1.COC[C@H](C(=O)Nc1cccc2c1CC=C2c1nc(Nc2cccc(CCC(=O)OC)n2)ncc1C)N1CCN(C)CC1.COC[C@H](C(=O)Nc1cccc2c1CC=C2c1nc(Nc2cnc(C(=O)OC)c(C)c2)ncc1C)N1CCN(C)CC1. The minimum absolute atomic E-state index is 0.0504. The maximum absolute atomic E-state index is 13.5. The van der Waals surface area contributed by atoms with Gasteiger partial charge in [-0.15, -0.1) is 0 Å². The minimum atomic E-state index is -0.483. The molecule has 3 aliphatic heterocycles. The maximum Gasteiger partial charge on any atom is 0.356 e. The second-order valence-corrected chi connectivity index (χ2v) is 32.5. The first-order valence-electron chi connectivity index (χ1n) is 43.2. The molecule has 0 bridgehead atoms. The van der Waals surface area contributed by atoms with Crippen molar-refractivity contribution in [1.82, 2.24) is 79.2 Å². The molecule has 6 N–H and O–H groups in total. The number of benzene rings is 3. The van der Waals surface area contributed by atoms with Crippen LogP contribution in [0.3, 0.4) is 0 Å². The molecule has 6 aliphatic rings. The molecule has 3 aromatic carbocycles. The number of nitrogens with one attached hydrogen (secondary N) is 6. The number of carbonyl (C=O) groups excluding carboxylic acids is 5. The van der Waals surface area contributed by atoms with Crippen LogP contribution in [-0.2, 0) is 75.2 Å². The number of carbonyl (C=O) groups is 5. The van der Waals surface area contributed by atoms with Crippen LogP contribution in [0.4, 0.5) is 52.1 Å². The lowest BCUT2D eigenvalue weighted by molar-refractivity contribution is -0.140. The average Bonchev–Trinajstić information content (AvgIpc) is 1.65. The molecule has 7 aromatic heterocycles. The van der Waals surface area contributed by atoms with Crippen molar-refractivity contribution >= 4 is 98.5 Å². The summed E-state index contributed by atoms with van der Waals surface area (Å²) in [6.45, 7) is 19.5. The summed E-state index contributed by atoms with van der Waals surface area (Å²) < 4.78 is 36.6. The van der Waals surface area contributed by atoms with E-state index in [1.54, 1.807) is 71.4 Å². The summed E-state index contributed by atoms with van der Waals surface area (Å²) >= 11 is 0. The van der Waals surface area contributed by atoms with Crippen LogP contribution < -0.4 is 36.6 Å². The van der Waals surface area contributed by atoms with Crippen LogP contribution in [0.25, 0.3) is 16.7 Å². The Hall–Kier alpha value is -13.0. The highest BCUT2D eigenvalue weighted by Crippen LogP contribution is 2.41. The van der Waals surface area contributed by atoms with Gasteiger partial charge in [0.25, 0.3) is 0 Å². The van der Waals surface area contributed by atoms with Crippen LogP contribution >= 0.6 is 0 Å². The smallest absolute Gasteiger partial charge is 0.356 e. The van der Waals surface area contributed by atoms with Crippen molar-refractivity contribution in [2.24, 2.45) is 0 Å². The van der Waals surface area contributed by atoms with Gasteiger partial charge in [-0.3, -0.25) is 33.9 Å². The summed E-state index contributed by atoms with van der Waals surface area (Å²) in [5.41, 5.74) is 20.1. The van der Waals surface area contributed by atoms with Gasteiger partial charge in [-0.25, -0.2) is 54.6 Å². The quantitative estimate of drug-likeness (QED) is 0.0220. The number of nitrogens with zero attached hydrogens (tertiary/aromatic N) is 16. The molecule has 34 heteroatoms. The van der Waals surface area contributed by atoms with Gasteiger partial charge in [0.2, 0.25) is 47.3 Å². The number of pyridine rings is 3. The number of piperazine rings is 3. The summed E-state index contributed by atoms with van der Waals surface area (Å²) in [4.78, 5) is 123. The number of hydrogen-bond donors (Lipinski definition) is 6. The zero-order chi connectivity index (χ0) is 90.6. The van der Waals surface area contributed by atoms with Gasteiger partial charge in [0.1, 0.15) is 30.2 Å². The fourth-order valence-corrected chi connectivity index (χ4v) is 16.4. The van der Waals surface area contributed by atoms with E-state index in [1.165, 1.54) is 20.5 Å². The molecule has 16 rings (SSSR count). The standard InChI is InChI=1S/C32H36N8O4.C32H39N7O4.C31H37N7O4/c1-21-17-35-32(36-22-7-10-28(34-18-22)44-20-29-33-11-16-43-29)38-30(21)25-9-8-24-23(25)5-4-6-26(24)37-31(41)27(19-42-3)40-14-12-39(2)13-15-40;1-21-19-33-32(36-28-10-5-7-22(34-28)11-14-29(40)43-4)37-30(21)25-13-12-24-23(25)8-6-9-26(24)35-31(41)27(20-42-3)39-17-15-38(2)16-18-39;1-19-15-21(17-32-28(19)30(40)42-5)34-31-33-16-20(2)27(36-31)24-10-9-23-22(24)7-6-8-25(23)35-29(39)26(18-41-4)38-13-11-37(3)12-14-38/h4-7,9-11,16-18,27H,8,12-15,19-20H2,1-3H3,(H,37,41)(H,35,36,38);5-10,13,19,27H,11-12,14-18,20H2,1-4H3,(H,35,41)(H,33,34,36,37);6-8,10,15-17,26H,9,11-14,18H2,1-5H3,(H,35,39)(H,33,34,36)/t2*27-;26-/m111/s1. The lowest BCUT2D eigenvalue weighted by Gasteiger charge is -2.36. The Kier molecular flexibility index (Phi) is 31.2. The van der Waals surface area contributed by atoms with Crippen molar-refractivity contribution < 1.29 is 56.8 Å². The minimum Gasteiger partial charge on any atom is -0.469 e. The van der Waals surface area contributed by atoms with Gasteiger partial charge in [0, 0.05) is 170 Å². The molecule has 3 fully saturated rings. The molecule has 3 saturated heterocycles. The molecule has 10 heterocycles. The number of amides is 3. The van der Waals surface area contributed by atoms with E-state index in [2.05, 4.69) is 154 Å². The number of hydrogen-bond acceptors (Lipinski definition) is 31. The molecule has 10 aromatic rings. The predicted octanol–water partition coefficient (Wildman–Crippen LogP) is 10.1. The Morgan fingerprint density at radius 3 is 1.26 bits per heavy atom. The van der Waals surface area contributed by atoms with Crippen molar-refractivity contribution in [1.29, 1.82) is 0 Å². The van der Waals surface area contributed by atoms with Gasteiger partial charge in [0.05, 0.1) is 87.5 Å². The van der Waals surface area contributed by atoms with E-state index >= 15 is 0 Å². The number of oxazole rings is 1. The Morgan fingerprint density at radius 1 is 0.442 bits per heavy atom. The van der Waals surface area contributed by atoms with E-state index in [0.717, 1.165) is 191 Å². The first-order chi connectivity index (χ1) is 62.6. The van der Waals surface area contributed by atoms with Crippen LogP contribution in [0.15, 0.2) is 157 Å². The van der Waals surface area contributed by atoms with Gasteiger partial charge in [-0.2, -0.15) is 0 Å².